The zero-order chi connectivity index (χ0) is 14.5. The molecule has 8 heteroatoms. The number of aromatic nitrogens is 1. The molecule has 110 valence electrons. The Labute approximate surface area is 116 Å². The molecule has 20 heavy (non-hydrogen) atoms. The van der Waals surface area contributed by atoms with Gasteiger partial charge in [0.15, 0.2) is 0 Å². The van der Waals surface area contributed by atoms with Gasteiger partial charge in [-0.1, -0.05) is 12.8 Å². The van der Waals surface area contributed by atoms with Gasteiger partial charge in [0.1, 0.15) is 5.82 Å². The van der Waals surface area contributed by atoms with Crippen molar-refractivity contribution in [3.63, 3.8) is 0 Å². The van der Waals surface area contributed by atoms with Gasteiger partial charge >= 0.3 is 5.69 Å². The number of anilines is 2. The van der Waals surface area contributed by atoms with Crippen LogP contribution in [0.5, 0.6) is 0 Å². The van der Waals surface area contributed by atoms with Gasteiger partial charge in [-0.25, -0.2) is 10.8 Å². The van der Waals surface area contributed by atoms with Crippen LogP contribution in [-0.2, 0) is 0 Å². The van der Waals surface area contributed by atoms with Crippen LogP contribution in [-0.4, -0.2) is 34.2 Å². The number of hydrazine groups is 1. The number of hydrogen-bond acceptors (Lipinski definition) is 7. The van der Waals surface area contributed by atoms with Crippen LogP contribution in [0.2, 0.25) is 0 Å². The third kappa shape index (κ3) is 2.97. The number of aliphatic hydroxyl groups is 1. The zero-order valence-corrected chi connectivity index (χ0v) is 11.2. The highest BCUT2D eigenvalue weighted by atomic mass is 16.6. The SMILES string of the molecule is NNc1ccc([N+](=O)[O-])c(N(CCO)C2CCCC2)n1. The second-order valence-corrected chi connectivity index (χ2v) is 4.80. The van der Waals surface area contributed by atoms with E-state index in [9.17, 15) is 15.2 Å². The Bertz CT molecular complexity index is 476. The standard InChI is InChI=1S/C12H19N5O3/c13-15-11-6-5-10(17(19)20)12(14-11)16(7-8-18)9-3-1-2-4-9/h5-6,9,18H,1-4,7-8,13H2,(H,14,15). The number of aliphatic hydroxyl groups excluding tert-OH is 1. The number of hydrogen-bond donors (Lipinski definition) is 3. The minimum atomic E-state index is -0.456. The molecular formula is C12H19N5O3. The van der Waals surface area contributed by atoms with Crippen molar-refractivity contribution in [2.75, 3.05) is 23.5 Å². The van der Waals surface area contributed by atoms with Crippen LogP contribution in [0.15, 0.2) is 12.1 Å². The number of nitrogens with one attached hydrogen (secondary N) is 1. The molecule has 1 saturated carbocycles. The fraction of sp³-hybridized carbons (Fsp3) is 0.583. The molecule has 8 nitrogen and oxygen atoms in total. The lowest BCUT2D eigenvalue weighted by atomic mass is 10.2. The summed E-state index contributed by atoms with van der Waals surface area (Å²) >= 11 is 0. The molecular weight excluding hydrogens is 262 g/mol. The zero-order valence-electron chi connectivity index (χ0n) is 11.2. The maximum atomic E-state index is 11.2. The maximum Gasteiger partial charge on any atom is 0.311 e. The van der Waals surface area contributed by atoms with E-state index >= 15 is 0 Å². The van der Waals surface area contributed by atoms with Gasteiger partial charge in [0.05, 0.1) is 11.5 Å². The van der Waals surface area contributed by atoms with Crippen molar-refractivity contribution in [3.8, 4) is 0 Å². The largest absolute Gasteiger partial charge is 0.395 e. The summed E-state index contributed by atoms with van der Waals surface area (Å²) in [6.45, 7) is 0.252. The number of pyridine rings is 1. The van der Waals surface area contributed by atoms with E-state index in [-0.39, 0.29) is 24.2 Å². The van der Waals surface area contributed by atoms with Crippen LogP contribution < -0.4 is 16.2 Å². The molecule has 0 unspecified atom stereocenters. The van der Waals surface area contributed by atoms with Crippen molar-refractivity contribution in [2.45, 2.75) is 31.7 Å². The summed E-state index contributed by atoms with van der Waals surface area (Å²) in [5.41, 5.74) is 2.33. The quantitative estimate of drug-likeness (QED) is 0.404. The minimum Gasteiger partial charge on any atom is -0.395 e. The lowest BCUT2D eigenvalue weighted by molar-refractivity contribution is -0.384. The summed E-state index contributed by atoms with van der Waals surface area (Å²) in [7, 11) is 0. The third-order valence-electron chi connectivity index (χ3n) is 3.58. The maximum absolute atomic E-state index is 11.2. The minimum absolute atomic E-state index is 0.0654. The second-order valence-electron chi connectivity index (χ2n) is 4.80. The lowest BCUT2D eigenvalue weighted by Gasteiger charge is -2.29. The Hall–Kier alpha value is -1.93. The molecule has 0 spiro atoms. The van der Waals surface area contributed by atoms with Crippen LogP contribution in [0.1, 0.15) is 25.7 Å². The van der Waals surface area contributed by atoms with E-state index in [1.54, 1.807) is 0 Å². The number of rotatable bonds is 6. The van der Waals surface area contributed by atoms with E-state index in [0.29, 0.717) is 12.4 Å². The van der Waals surface area contributed by atoms with Crippen molar-refractivity contribution in [1.82, 2.24) is 4.98 Å². The first kappa shape index (κ1) is 14.5. The molecule has 0 amide bonds. The first-order chi connectivity index (χ1) is 9.67. The predicted octanol–water partition coefficient (Wildman–Crippen LogP) is 1.02. The number of nitrogens with zero attached hydrogens (tertiary/aromatic N) is 3. The van der Waals surface area contributed by atoms with Crippen molar-refractivity contribution in [3.05, 3.63) is 22.2 Å². The highest BCUT2D eigenvalue weighted by molar-refractivity contribution is 5.62. The number of nitro groups is 1. The Balaban J connectivity index is 2.41. The van der Waals surface area contributed by atoms with E-state index < -0.39 is 4.92 Å². The Morgan fingerprint density at radius 2 is 2.20 bits per heavy atom. The van der Waals surface area contributed by atoms with Gasteiger partial charge in [0.2, 0.25) is 5.82 Å². The van der Waals surface area contributed by atoms with Gasteiger partial charge < -0.3 is 15.4 Å². The molecule has 4 N–H and O–H groups in total. The molecule has 0 atom stereocenters. The van der Waals surface area contributed by atoms with Crippen molar-refractivity contribution in [2.24, 2.45) is 5.84 Å². The summed E-state index contributed by atoms with van der Waals surface area (Å²) in [6, 6.07) is 3.03. The highest BCUT2D eigenvalue weighted by Crippen LogP contribution is 2.33. The molecule has 1 heterocycles. The molecule has 0 bridgehead atoms. The Morgan fingerprint density at radius 3 is 2.75 bits per heavy atom. The summed E-state index contributed by atoms with van der Waals surface area (Å²) < 4.78 is 0. The molecule has 1 aromatic rings. The predicted molar refractivity (Wildman–Crippen MR) is 75.4 cm³/mol. The summed E-state index contributed by atoms with van der Waals surface area (Å²) in [4.78, 5) is 16.8. The molecule has 0 saturated heterocycles. The van der Waals surface area contributed by atoms with Crippen LogP contribution in [0.3, 0.4) is 0 Å². The van der Waals surface area contributed by atoms with Crippen LogP contribution in [0.4, 0.5) is 17.3 Å². The van der Waals surface area contributed by atoms with E-state index in [0.717, 1.165) is 25.7 Å². The van der Waals surface area contributed by atoms with E-state index in [1.807, 2.05) is 4.90 Å². The molecule has 0 aliphatic heterocycles. The van der Waals surface area contributed by atoms with Crippen LogP contribution >= 0.6 is 0 Å². The number of nitrogen functional groups attached to an aromatic ring is 1. The van der Waals surface area contributed by atoms with Gasteiger partial charge in [0.25, 0.3) is 0 Å². The van der Waals surface area contributed by atoms with E-state index in [4.69, 9.17) is 5.84 Å². The lowest BCUT2D eigenvalue weighted by Crippen LogP contribution is -2.37. The van der Waals surface area contributed by atoms with Crippen LogP contribution in [0, 0.1) is 10.1 Å². The average Bonchev–Trinajstić information content (AvgIpc) is 2.97. The molecule has 1 fully saturated rings. The Morgan fingerprint density at radius 1 is 1.50 bits per heavy atom. The van der Waals surface area contributed by atoms with Gasteiger partial charge in [0, 0.05) is 18.7 Å². The average molecular weight is 281 g/mol. The highest BCUT2D eigenvalue weighted by Gasteiger charge is 2.29. The molecule has 1 aromatic heterocycles. The summed E-state index contributed by atoms with van der Waals surface area (Å²) in [5, 5.41) is 20.4. The Kier molecular flexibility index (Phi) is 4.70. The summed E-state index contributed by atoms with van der Waals surface area (Å²) in [5.74, 6) is 5.96. The first-order valence-electron chi connectivity index (χ1n) is 6.67. The smallest absolute Gasteiger partial charge is 0.311 e. The number of nitrogens with two attached hydrogens (primary N) is 1. The topological polar surface area (TPSA) is 118 Å². The molecule has 2 rings (SSSR count). The van der Waals surface area contributed by atoms with Gasteiger partial charge in [-0.05, 0) is 18.9 Å². The fourth-order valence-electron chi connectivity index (χ4n) is 2.66. The van der Waals surface area contributed by atoms with E-state index in [2.05, 4.69) is 10.4 Å². The fourth-order valence-corrected chi connectivity index (χ4v) is 2.66. The molecule has 1 aliphatic rings. The van der Waals surface area contributed by atoms with Crippen molar-refractivity contribution < 1.29 is 10.0 Å². The van der Waals surface area contributed by atoms with E-state index in [1.165, 1.54) is 12.1 Å². The normalized spacial score (nSPS) is 15.3. The van der Waals surface area contributed by atoms with Crippen molar-refractivity contribution in [1.29, 1.82) is 0 Å². The summed E-state index contributed by atoms with van der Waals surface area (Å²) in [6.07, 6.45) is 4.10. The molecule has 0 aromatic carbocycles. The second kappa shape index (κ2) is 6.49. The van der Waals surface area contributed by atoms with Gasteiger partial charge in [-0.3, -0.25) is 10.1 Å². The van der Waals surface area contributed by atoms with Gasteiger partial charge in [-0.15, -0.1) is 0 Å². The van der Waals surface area contributed by atoms with Crippen molar-refractivity contribution >= 4 is 17.3 Å². The molecule has 0 radical (unpaired) electrons. The first-order valence-corrected chi connectivity index (χ1v) is 6.67. The molecule has 1 aliphatic carbocycles. The van der Waals surface area contributed by atoms with Gasteiger partial charge in [-0.2, -0.15) is 0 Å². The van der Waals surface area contributed by atoms with Crippen LogP contribution in [0.25, 0.3) is 0 Å². The monoisotopic (exact) mass is 281 g/mol. The third-order valence-corrected chi connectivity index (χ3v) is 3.58.